The van der Waals surface area contributed by atoms with Gasteiger partial charge >= 0.3 is 0 Å². The first-order valence-corrected chi connectivity index (χ1v) is 8.82. The molecule has 142 valence electrons. The number of methoxy groups -OCH3 is 1. The number of aromatic nitrogens is 4. The number of tetrazole rings is 1. The molecular weight excluding hydrogens is 350 g/mol. The van der Waals surface area contributed by atoms with Crippen LogP contribution >= 0.6 is 0 Å². The number of amides is 1. The van der Waals surface area contributed by atoms with Crippen molar-refractivity contribution in [3.05, 3.63) is 41.4 Å². The first-order valence-electron chi connectivity index (χ1n) is 8.82. The number of hydrogen-bond donors (Lipinski definition) is 0. The second-order valence-electron chi connectivity index (χ2n) is 6.47. The Morgan fingerprint density at radius 2 is 2.30 bits per heavy atom. The Hall–Kier alpha value is -2.78. The number of nitrogens with zero attached hydrogens (tertiary/aromatic N) is 5. The van der Waals surface area contributed by atoms with Gasteiger partial charge in [-0.2, -0.15) is 0 Å². The largest absolute Gasteiger partial charge is 0.451 e. The highest BCUT2D eigenvalue weighted by molar-refractivity contribution is 5.96. The summed E-state index contributed by atoms with van der Waals surface area (Å²) >= 11 is 0. The summed E-state index contributed by atoms with van der Waals surface area (Å²) in [6.45, 7) is 4.24. The van der Waals surface area contributed by atoms with Gasteiger partial charge in [0.05, 0.1) is 26.3 Å². The molecule has 1 saturated heterocycles. The number of carbonyl (C=O) groups excluding carboxylic acids is 1. The third-order valence-corrected chi connectivity index (χ3v) is 4.66. The van der Waals surface area contributed by atoms with Crippen LogP contribution in [0.15, 0.2) is 28.7 Å². The lowest BCUT2D eigenvalue weighted by Gasteiger charge is -2.31. The van der Waals surface area contributed by atoms with Crippen molar-refractivity contribution in [2.24, 2.45) is 0 Å². The van der Waals surface area contributed by atoms with Gasteiger partial charge in [-0.1, -0.05) is 18.2 Å². The SMILES string of the molecule is COCCn1nnnc1C1CN(C(=O)c2cc3cccc(C)c3o2)CCO1. The van der Waals surface area contributed by atoms with E-state index in [0.717, 1.165) is 16.5 Å². The van der Waals surface area contributed by atoms with E-state index in [9.17, 15) is 4.79 Å². The number of carbonyl (C=O) groups is 1. The summed E-state index contributed by atoms with van der Waals surface area (Å²) < 4.78 is 18.4. The highest BCUT2D eigenvalue weighted by Gasteiger charge is 2.31. The summed E-state index contributed by atoms with van der Waals surface area (Å²) in [6, 6.07) is 7.64. The zero-order valence-electron chi connectivity index (χ0n) is 15.3. The van der Waals surface area contributed by atoms with Crippen molar-refractivity contribution < 1.29 is 18.7 Å². The Balaban J connectivity index is 1.53. The normalized spacial score (nSPS) is 17.6. The number of aryl methyl sites for hydroxylation is 1. The fraction of sp³-hybridized carbons (Fsp3) is 0.444. The smallest absolute Gasteiger partial charge is 0.289 e. The van der Waals surface area contributed by atoms with E-state index in [0.29, 0.717) is 44.4 Å². The van der Waals surface area contributed by atoms with Crippen LogP contribution in [0, 0.1) is 6.92 Å². The molecule has 3 heterocycles. The monoisotopic (exact) mass is 371 g/mol. The molecule has 4 rings (SSSR count). The minimum absolute atomic E-state index is 0.158. The fourth-order valence-corrected chi connectivity index (χ4v) is 3.24. The first-order chi connectivity index (χ1) is 13.2. The van der Waals surface area contributed by atoms with Gasteiger partial charge < -0.3 is 18.8 Å². The lowest BCUT2D eigenvalue weighted by atomic mass is 10.2. The summed E-state index contributed by atoms with van der Waals surface area (Å²) in [5, 5.41) is 12.7. The minimum atomic E-state index is -0.388. The molecule has 0 spiro atoms. The summed E-state index contributed by atoms with van der Waals surface area (Å²) in [7, 11) is 1.62. The number of furan rings is 1. The molecule has 2 aromatic heterocycles. The quantitative estimate of drug-likeness (QED) is 0.672. The molecule has 0 bridgehead atoms. The van der Waals surface area contributed by atoms with E-state index in [1.54, 1.807) is 22.8 Å². The maximum atomic E-state index is 13.0. The van der Waals surface area contributed by atoms with Crippen molar-refractivity contribution in [3.63, 3.8) is 0 Å². The highest BCUT2D eigenvalue weighted by Crippen LogP contribution is 2.26. The second-order valence-corrected chi connectivity index (χ2v) is 6.47. The van der Waals surface area contributed by atoms with Gasteiger partial charge in [0.15, 0.2) is 11.6 Å². The number of ether oxygens (including phenoxy) is 2. The van der Waals surface area contributed by atoms with E-state index in [4.69, 9.17) is 13.9 Å². The third kappa shape index (κ3) is 3.43. The van der Waals surface area contributed by atoms with Crippen molar-refractivity contribution in [3.8, 4) is 0 Å². The maximum Gasteiger partial charge on any atom is 0.289 e. The van der Waals surface area contributed by atoms with Crippen LogP contribution in [0.4, 0.5) is 0 Å². The molecule has 9 heteroatoms. The van der Waals surface area contributed by atoms with E-state index in [1.165, 1.54) is 0 Å². The molecule has 0 saturated carbocycles. The number of morpholine rings is 1. The average molecular weight is 371 g/mol. The van der Waals surface area contributed by atoms with Crippen molar-refractivity contribution in [2.45, 2.75) is 19.6 Å². The van der Waals surface area contributed by atoms with Gasteiger partial charge in [0.2, 0.25) is 0 Å². The van der Waals surface area contributed by atoms with Crippen LogP contribution < -0.4 is 0 Å². The Kier molecular flexibility index (Phi) is 4.87. The summed E-state index contributed by atoms with van der Waals surface area (Å²) in [6.07, 6.45) is -0.388. The Morgan fingerprint density at radius 1 is 1.41 bits per heavy atom. The molecule has 3 aromatic rings. The zero-order chi connectivity index (χ0) is 18.8. The first kappa shape index (κ1) is 17.6. The van der Waals surface area contributed by atoms with Gasteiger partial charge in [0.25, 0.3) is 5.91 Å². The molecule has 1 unspecified atom stereocenters. The summed E-state index contributed by atoms with van der Waals surface area (Å²) in [5.74, 6) is 0.763. The molecule has 0 aliphatic carbocycles. The van der Waals surface area contributed by atoms with Crippen LogP contribution in [-0.4, -0.2) is 64.4 Å². The molecule has 1 aromatic carbocycles. The van der Waals surface area contributed by atoms with Crippen molar-refractivity contribution in [1.82, 2.24) is 25.1 Å². The number of rotatable bonds is 5. The molecule has 1 fully saturated rings. The molecule has 1 atom stereocenters. The molecule has 1 aliphatic heterocycles. The molecule has 27 heavy (non-hydrogen) atoms. The standard InChI is InChI=1S/C18H21N5O4/c1-12-4-3-5-13-10-14(27-16(12)13)18(24)22-6-9-26-15(11-22)17-19-20-21-23(17)7-8-25-2/h3-5,10,15H,6-9,11H2,1-2H3. The zero-order valence-corrected chi connectivity index (χ0v) is 15.3. The highest BCUT2D eigenvalue weighted by atomic mass is 16.5. The van der Waals surface area contributed by atoms with Gasteiger partial charge in [-0.25, -0.2) is 4.68 Å². The predicted octanol–water partition coefficient (Wildman–Crippen LogP) is 1.59. The van der Waals surface area contributed by atoms with E-state index >= 15 is 0 Å². The topological polar surface area (TPSA) is 95.5 Å². The molecular formula is C18H21N5O4. The predicted molar refractivity (Wildman–Crippen MR) is 95.2 cm³/mol. The second kappa shape index (κ2) is 7.45. The number of para-hydroxylation sites is 1. The molecule has 1 amide bonds. The van der Waals surface area contributed by atoms with Gasteiger partial charge in [0, 0.05) is 19.0 Å². The average Bonchev–Trinajstić information content (AvgIpc) is 3.33. The lowest BCUT2D eigenvalue weighted by molar-refractivity contribution is -0.0300. The van der Waals surface area contributed by atoms with E-state index < -0.39 is 0 Å². The Labute approximate surface area is 155 Å². The van der Waals surface area contributed by atoms with E-state index in [-0.39, 0.29) is 12.0 Å². The van der Waals surface area contributed by atoms with Crippen LogP contribution in [0.5, 0.6) is 0 Å². The van der Waals surface area contributed by atoms with E-state index in [1.807, 2.05) is 25.1 Å². The Morgan fingerprint density at radius 3 is 3.11 bits per heavy atom. The van der Waals surface area contributed by atoms with Crippen LogP contribution in [-0.2, 0) is 16.0 Å². The van der Waals surface area contributed by atoms with E-state index in [2.05, 4.69) is 15.5 Å². The van der Waals surface area contributed by atoms with Crippen LogP contribution in [0.2, 0.25) is 0 Å². The van der Waals surface area contributed by atoms with Gasteiger partial charge in [-0.15, -0.1) is 5.10 Å². The van der Waals surface area contributed by atoms with Crippen molar-refractivity contribution in [1.29, 1.82) is 0 Å². The lowest BCUT2D eigenvalue weighted by Crippen LogP contribution is -2.43. The molecule has 9 nitrogen and oxygen atoms in total. The summed E-state index contributed by atoms with van der Waals surface area (Å²) in [4.78, 5) is 14.7. The van der Waals surface area contributed by atoms with Crippen molar-refractivity contribution in [2.75, 3.05) is 33.4 Å². The van der Waals surface area contributed by atoms with Gasteiger partial charge in [0.1, 0.15) is 11.7 Å². The summed E-state index contributed by atoms with van der Waals surface area (Å²) in [5.41, 5.74) is 1.75. The van der Waals surface area contributed by atoms with Crippen LogP contribution in [0.3, 0.4) is 0 Å². The van der Waals surface area contributed by atoms with Crippen LogP contribution in [0.1, 0.15) is 28.0 Å². The minimum Gasteiger partial charge on any atom is -0.451 e. The van der Waals surface area contributed by atoms with Crippen LogP contribution in [0.25, 0.3) is 11.0 Å². The third-order valence-electron chi connectivity index (χ3n) is 4.66. The number of benzene rings is 1. The van der Waals surface area contributed by atoms with Gasteiger partial charge in [-0.05, 0) is 29.0 Å². The molecule has 0 N–H and O–H groups in total. The number of fused-ring (bicyclic) bond motifs is 1. The Bertz CT molecular complexity index is 950. The van der Waals surface area contributed by atoms with Crippen molar-refractivity contribution >= 4 is 16.9 Å². The van der Waals surface area contributed by atoms with Gasteiger partial charge in [-0.3, -0.25) is 4.79 Å². The number of hydrogen-bond acceptors (Lipinski definition) is 7. The molecule has 0 radical (unpaired) electrons. The molecule has 1 aliphatic rings. The maximum absolute atomic E-state index is 13.0. The fourth-order valence-electron chi connectivity index (χ4n) is 3.24.